The molecule has 1 aromatic heterocycles. The van der Waals surface area contributed by atoms with Crippen LogP contribution in [0.25, 0.3) is 10.9 Å². The third-order valence-electron chi connectivity index (χ3n) is 4.59. The van der Waals surface area contributed by atoms with Crippen molar-refractivity contribution in [2.75, 3.05) is 0 Å². The fraction of sp³-hybridized carbons (Fsp3) is 0.529. The molecule has 0 unspecified atom stereocenters. The predicted molar refractivity (Wildman–Crippen MR) is 80.4 cm³/mol. The van der Waals surface area contributed by atoms with E-state index in [1.165, 1.54) is 42.1 Å². The highest BCUT2D eigenvalue weighted by molar-refractivity contribution is 5.80. The van der Waals surface area contributed by atoms with Crippen molar-refractivity contribution in [1.29, 1.82) is 5.26 Å². The van der Waals surface area contributed by atoms with Gasteiger partial charge >= 0.3 is 0 Å². The lowest BCUT2D eigenvalue weighted by atomic mass is 9.65. The molecule has 1 fully saturated rings. The van der Waals surface area contributed by atoms with Gasteiger partial charge in [0.2, 0.25) is 0 Å². The summed E-state index contributed by atoms with van der Waals surface area (Å²) in [4.78, 5) is 0. The lowest BCUT2D eigenvalue weighted by Crippen LogP contribution is -2.32. The maximum atomic E-state index is 9.44. The molecule has 0 radical (unpaired) electrons. The molecule has 0 aliphatic heterocycles. The van der Waals surface area contributed by atoms with Gasteiger partial charge in [0, 0.05) is 11.9 Å². The summed E-state index contributed by atoms with van der Waals surface area (Å²) in [6.07, 6.45) is 8.76. The van der Waals surface area contributed by atoms with E-state index in [1.807, 2.05) is 6.20 Å². The SMILES string of the molecule is CCCCCn1ncc2cc(C3(C#N)CCC3)ccc21. The fourth-order valence-electron chi connectivity index (χ4n) is 3.07. The number of benzene rings is 1. The molecule has 104 valence electrons. The summed E-state index contributed by atoms with van der Waals surface area (Å²) in [6, 6.07) is 8.95. The Morgan fingerprint density at radius 1 is 1.35 bits per heavy atom. The summed E-state index contributed by atoms with van der Waals surface area (Å²) in [6.45, 7) is 3.20. The number of nitrogens with zero attached hydrogens (tertiary/aromatic N) is 3. The summed E-state index contributed by atoms with van der Waals surface area (Å²) < 4.78 is 2.09. The number of aryl methyl sites for hydroxylation is 1. The summed E-state index contributed by atoms with van der Waals surface area (Å²) in [5, 5.41) is 15.1. The Morgan fingerprint density at radius 2 is 2.20 bits per heavy atom. The fourth-order valence-corrected chi connectivity index (χ4v) is 3.07. The largest absolute Gasteiger partial charge is 0.265 e. The second-order valence-corrected chi connectivity index (χ2v) is 5.90. The van der Waals surface area contributed by atoms with Crippen molar-refractivity contribution in [2.24, 2.45) is 0 Å². The van der Waals surface area contributed by atoms with Gasteiger partial charge in [-0.15, -0.1) is 0 Å². The second kappa shape index (κ2) is 5.28. The first-order valence-corrected chi connectivity index (χ1v) is 7.66. The highest BCUT2D eigenvalue weighted by Crippen LogP contribution is 2.43. The third-order valence-corrected chi connectivity index (χ3v) is 4.59. The first-order valence-electron chi connectivity index (χ1n) is 7.66. The van der Waals surface area contributed by atoms with Crippen molar-refractivity contribution in [3.05, 3.63) is 30.0 Å². The van der Waals surface area contributed by atoms with Gasteiger partial charge in [0.05, 0.1) is 23.2 Å². The van der Waals surface area contributed by atoms with Gasteiger partial charge in [0.25, 0.3) is 0 Å². The molecular weight excluding hydrogens is 246 g/mol. The molecule has 2 aromatic rings. The van der Waals surface area contributed by atoms with Crippen LogP contribution in [-0.2, 0) is 12.0 Å². The van der Waals surface area contributed by atoms with Crippen molar-refractivity contribution >= 4 is 10.9 Å². The third kappa shape index (κ3) is 2.10. The standard InChI is InChI=1S/C17H21N3/c1-2-3-4-10-20-16-7-6-15(11-14(16)12-19-20)17(13-18)8-5-9-17/h6-7,11-12H,2-5,8-10H2,1H3. The number of aromatic nitrogens is 2. The van der Waals surface area contributed by atoms with E-state index < -0.39 is 0 Å². The first-order chi connectivity index (χ1) is 9.79. The lowest BCUT2D eigenvalue weighted by Gasteiger charge is -2.35. The second-order valence-electron chi connectivity index (χ2n) is 5.90. The molecule has 1 saturated carbocycles. The van der Waals surface area contributed by atoms with Crippen molar-refractivity contribution in [3.63, 3.8) is 0 Å². The number of fused-ring (bicyclic) bond motifs is 1. The lowest BCUT2D eigenvalue weighted by molar-refractivity contribution is 0.324. The monoisotopic (exact) mass is 267 g/mol. The van der Waals surface area contributed by atoms with Crippen LogP contribution in [0.3, 0.4) is 0 Å². The van der Waals surface area contributed by atoms with Gasteiger partial charge in [0.1, 0.15) is 0 Å². The van der Waals surface area contributed by atoms with Crippen LogP contribution in [0.4, 0.5) is 0 Å². The molecule has 1 aliphatic carbocycles. The van der Waals surface area contributed by atoms with Crippen LogP contribution >= 0.6 is 0 Å². The molecule has 0 bridgehead atoms. The Balaban J connectivity index is 1.88. The van der Waals surface area contributed by atoms with E-state index in [1.54, 1.807) is 0 Å². The first kappa shape index (κ1) is 13.2. The van der Waals surface area contributed by atoms with Crippen LogP contribution < -0.4 is 0 Å². The summed E-state index contributed by atoms with van der Waals surface area (Å²) in [5.41, 5.74) is 2.14. The minimum Gasteiger partial charge on any atom is -0.265 e. The zero-order valence-electron chi connectivity index (χ0n) is 12.1. The average Bonchev–Trinajstić information content (AvgIpc) is 2.81. The van der Waals surface area contributed by atoms with Crippen molar-refractivity contribution in [1.82, 2.24) is 9.78 Å². The number of hydrogen-bond acceptors (Lipinski definition) is 2. The van der Waals surface area contributed by atoms with Gasteiger partial charge in [-0.3, -0.25) is 4.68 Å². The molecule has 1 aromatic carbocycles. The van der Waals surface area contributed by atoms with Crippen LogP contribution in [0.15, 0.2) is 24.4 Å². The molecular formula is C17H21N3. The molecule has 20 heavy (non-hydrogen) atoms. The number of rotatable bonds is 5. The molecule has 1 aliphatic rings. The van der Waals surface area contributed by atoms with Crippen LogP contribution in [0.5, 0.6) is 0 Å². The number of hydrogen-bond donors (Lipinski definition) is 0. The number of unbranched alkanes of at least 4 members (excludes halogenated alkanes) is 2. The van der Waals surface area contributed by atoms with E-state index in [9.17, 15) is 5.26 Å². The molecule has 0 amide bonds. The Hall–Kier alpha value is -1.82. The Labute approximate surface area is 120 Å². The van der Waals surface area contributed by atoms with Crippen LogP contribution in [-0.4, -0.2) is 9.78 Å². The quantitative estimate of drug-likeness (QED) is 0.763. The number of nitriles is 1. The van der Waals surface area contributed by atoms with Gasteiger partial charge in [-0.1, -0.05) is 25.8 Å². The Kier molecular flexibility index (Phi) is 3.48. The summed E-state index contributed by atoms with van der Waals surface area (Å²) in [7, 11) is 0. The highest BCUT2D eigenvalue weighted by Gasteiger charge is 2.39. The molecule has 3 heteroatoms. The van der Waals surface area contributed by atoms with E-state index in [4.69, 9.17) is 0 Å². The molecule has 3 rings (SSSR count). The summed E-state index contributed by atoms with van der Waals surface area (Å²) >= 11 is 0. The zero-order chi connectivity index (χ0) is 14.0. The van der Waals surface area contributed by atoms with Crippen LogP contribution in [0, 0.1) is 11.3 Å². The van der Waals surface area contributed by atoms with Gasteiger partial charge < -0.3 is 0 Å². The normalized spacial score (nSPS) is 16.8. The van der Waals surface area contributed by atoms with E-state index in [2.05, 4.69) is 41.0 Å². The van der Waals surface area contributed by atoms with Crippen molar-refractivity contribution in [2.45, 2.75) is 57.4 Å². The molecule has 0 saturated heterocycles. The molecule has 0 spiro atoms. The minimum atomic E-state index is -0.224. The smallest absolute Gasteiger partial charge is 0.0822 e. The highest BCUT2D eigenvalue weighted by atomic mass is 15.3. The minimum absolute atomic E-state index is 0.224. The Morgan fingerprint density at radius 3 is 2.85 bits per heavy atom. The zero-order valence-corrected chi connectivity index (χ0v) is 12.1. The van der Waals surface area contributed by atoms with Gasteiger partial charge in [-0.25, -0.2) is 0 Å². The van der Waals surface area contributed by atoms with E-state index in [0.29, 0.717) is 0 Å². The molecule has 1 heterocycles. The molecule has 3 nitrogen and oxygen atoms in total. The van der Waals surface area contributed by atoms with Crippen molar-refractivity contribution in [3.8, 4) is 6.07 Å². The van der Waals surface area contributed by atoms with Crippen LogP contribution in [0.1, 0.15) is 51.0 Å². The average molecular weight is 267 g/mol. The van der Waals surface area contributed by atoms with E-state index >= 15 is 0 Å². The van der Waals surface area contributed by atoms with E-state index in [-0.39, 0.29) is 5.41 Å². The van der Waals surface area contributed by atoms with E-state index in [0.717, 1.165) is 19.4 Å². The predicted octanol–water partition coefficient (Wildman–Crippen LogP) is 4.17. The van der Waals surface area contributed by atoms with Crippen molar-refractivity contribution < 1.29 is 0 Å². The Bertz CT molecular complexity index is 644. The molecule has 0 atom stereocenters. The van der Waals surface area contributed by atoms with Crippen LogP contribution in [0.2, 0.25) is 0 Å². The van der Waals surface area contributed by atoms with Gasteiger partial charge in [0.15, 0.2) is 0 Å². The summed E-state index contributed by atoms with van der Waals surface area (Å²) in [5.74, 6) is 0. The topological polar surface area (TPSA) is 41.6 Å². The van der Waals surface area contributed by atoms with Gasteiger partial charge in [-0.05, 0) is 43.4 Å². The maximum absolute atomic E-state index is 9.44. The maximum Gasteiger partial charge on any atom is 0.0822 e. The van der Waals surface area contributed by atoms with Gasteiger partial charge in [-0.2, -0.15) is 10.4 Å². The molecule has 0 N–H and O–H groups in total.